The summed E-state index contributed by atoms with van der Waals surface area (Å²) in [6.07, 6.45) is 2.21. The lowest BCUT2D eigenvalue weighted by Crippen LogP contribution is -2.28. The molecule has 0 aliphatic carbocycles. The number of hydrogen-bond donors (Lipinski definition) is 1. The Morgan fingerprint density at radius 1 is 1.41 bits per heavy atom. The highest BCUT2D eigenvalue weighted by molar-refractivity contribution is 5.76. The van der Waals surface area contributed by atoms with Crippen LogP contribution in [0.1, 0.15) is 12.0 Å². The van der Waals surface area contributed by atoms with Gasteiger partial charge >= 0.3 is 0 Å². The molecule has 1 N–H and O–H groups in total. The van der Waals surface area contributed by atoms with Crippen molar-refractivity contribution in [3.8, 4) is 0 Å². The van der Waals surface area contributed by atoms with Gasteiger partial charge in [0.1, 0.15) is 0 Å². The zero-order valence-corrected chi connectivity index (χ0v) is 10.4. The Hall–Kier alpha value is -1.61. The molecule has 0 saturated heterocycles. The van der Waals surface area contributed by atoms with Crippen molar-refractivity contribution in [2.24, 2.45) is 0 Å². The van der Waals surface area contributed by atoms with Gasteiger partial charge in [0, 0.05) is 26.1 Å². The van der Waals surface area contributed by atoms with Crippen LogP contribution >= 0.6 is 0 Å². The molecule has 0 aliphatic rings. The van der Waals surface area contributed by atoms with Crippen molar-refractivity contribution < 1.29 is 4.79 Å². The van der Waals surface area contributed by atoms with E-state index in [9.17, 15) is 4.79 Å². The van der Waals surface area contributed by atoms with Crippen molar-refractivity contribution in [2.45, 2.75) is 13.0 Å². The first-order chi connectivity index (χ1) is 8.22. The van der Waals surface area contributed by atoms with Gasteiger partial charge in [-0.25, -0.2) is 0 Å². The third kappa shape index (κ3) is 5.88. The van der Waals surface area contributed by atoms with E-state index in [0.29, 0.717) is 13.0 Å². The lowest BCUT2D eigenvalue weighted by Gasteiger charge is -2.16. The largest absolute Gasteiger partial charge is 0.353 e. The maximum Gasteiger partial charge on any atom is 0.221 e. The molecule has 0 spiro atoms. The van der Waals surface area contributed by atoms with Gasteiger partial charge in [0.15, 0.2) is 0 Å². The van der Waals surface area contributed by atoms with Crippen molar-refractivity contribution in [2.75, 3.05) is 20.1 Å². The summed E-state index contributed by atoms with van der Waals surface area (Å²) in [6.45, 7) is 5.73. The standard InChI is InChI=1S/C14H20N2O/c1-3-10-15-14(17)9-11-16(2)12-13-7-5-4-6-8-13/h3-8H,1,9-12H2,2H3,(H,15,17). The predicted molar refractivity (Wildman–Crippen MR) is 70.6 cm³/mol. The van der Waals surface area contributed by atoms with E-state index in [-0.39, 0.29) is 5.91 Å². The molecule has 0 aromatic heterocycles. The van der Waals surface area contributed by atoms with Crippen LogP contribution in [0.3, 0.4) is 0 Å². The van der Waals surface area contributed by atoms with E-state index >= 15 is 0 Å². The van der Waals surface area contributed by atoms with Gasteiger partial charge in [0.25, 0.3) is 0 Å². The molecule has 17 heavy (non-hydrogen) atoms. The maximum atomic E-state index is 11.4. The van der Waals surface area contributed by atoms with Gasteiger partial charge in [0.05, 0.1) is 0 Å². The average molecular weight is 232 g/mol. The van der Waals surface area contributed by atoms with Crippen molar-refractivity contribution in [3.05, 3.63) is 48.6 Å². The van der Waals surface area contributed by atoms with E-state index in [1.165, 1.54) is 5.56 Å². The molecule has 3 nitrogen and oxygen atoms in total. The smallest absolute Gasteiger partial charge is 0.221 e. The zero-order chi connectivity index (χ0) is 12.5. The summed E-state index contributed by atoms with van der Waals surface area (Å²) in [6, 6.07) is 10.2. The highest BCUT2D eigenvalue weighted by Crippen LogP contribution is 2.02. The quantitative estimate of drug-likeness (QED) is 0.727. The first-order valence-electron chi connectivity index (χ1n) is 5.82. The van der Waals surface area contributed by atoms with E-state index in [1.807, 2.05) is 25.2 Å². The summed E-state index contributed by atoms with van der Waals surface area (Å²) < 4.78 is 0. The first kappa shape index (κ1) is 13.5. The molecular formula is C14H20N2O. The normalized spacial score (nSPS) is 10.2. The molecular weight excluding hydrogens is 212 g/mol. The molecule has 0 heterocycles. The molecule has 1 aromatic rings. The molecule has 0 aliphatic heterocycles. The molecule has 1 aromatic carbocycles. The minimum atomic E-state index is 0.0739. The Bertz CT molecular complexity index is 348. The second-order valence-corrected chi connectivity index (χ2v) is 4.07. The van der Waals surface area contributed by atoms with Gasteiger partial charge in [0.2, 0.25) is 5.91 Å². The van der Waals surface area contributed by atoms with Gasteiger partial charge in [-0.3, -0.25) is 4.79 Å². The fourth-order valence-corrected chi connectivity index (χ4v) is 1.54. The topological polar surface area (TPSA) is 32.3 Å². The third-order valence-corrected chi connectivity index (χ3v) is 2.46. The van der Waals surface area contributed by atoms with Crippen LogP contribution in [0.5, 0.6) is 0 Å². The van der Waals surface area contributed by atoms with E-state index in [1.54, 1.807) is 6.08 Å². The lowest BCUT2D eigenvalue weighted by atomic mass is 10.2. The summed E-state index contributed by atoms with van der Waals surface area (Å²) in [4.78, 5) is 13.5. The number of carbonyl (C=O) groups excluding carboxylic acids is 1. The van der Waals surface area contributed by atoms with Crippen molar-refractivity contribution in [1.29, 1.82) is 0 Å². The Morgan fingerprint density at radius 3 is 2.76 bits per heavy atom. The van der Waals surface area contributed by atoms with Crippen LogP contribution in [0.2, 0.25) is 0 Å². The number of benzene rings is 1. The second kappa shape index (κ2) is 7.63. The highest BCUT2D eigenvalue weighted by atomic mass is 16.1. The number of nitrogens with zero attached hydrogens (tertiary/aromatic N) is 1. The fraction of sp³-hybridized carbons (Fsp3) is 0.357. The molecule has 92 valence electrons. The Kier molecular flexibility index (Phi) is 6.04. The lowest BCUT2D eigenvalue weighted by molar-refractivity contribution is -0.121. The Balaban J connectivity index is 2.23. The average Bonchev–Trinajstić information content (AvgIpc) is 2.35. The molecule has 0 unspecified atom stereocenters. The van der Waals surface area contributed by atoms with Crippen LogP contribution < -0.4 is 5.32 Å². The number of rotatable bonds is 7. The van der Waals surface area contributed by atoms with Crippen LogP contribution in [0, 0.1) is 0 Å². The van der Waals surface area contributed by atoms with E-state index < -0.39 is 0 Å². The van der Waals surface area contributed by atoms with Crippen LogP contribution in [-0.4, -0.2) is 30.9 Å². The summed E-state index contributed by atoms with van der Waals surface area (Å²) in [5.41, 5.74) is 1.27. The monoisotopic (exact) mass is 232 g/mol. The number of hydrogen-bond acceptors (Lipinski definition) is 2. The van der Waals surface area contributed by atoms with Crippen LogP contribution in [0.15, 0.2) is 43.0 Å². The van der Waals surface area contributed by atoms with E-state index in [0.717, 1.165) is 13.1 Å². The molecule has 0 atom stereocenters. The van der Waals surface area contributed by atoms with E-state index in [2.05, 4.69) is 28.9 Å². The van der Waals surface area contributed by atoms with Crippen LogP contribution in [0.4, 0.5) is 0 Å². The Morgan fingerprint density at radius 2 is 2.12 bits per heavy atom. The molecule has 0 saturated carbocycles. The maximum absolute atomic E-state index is 11.4. The van der Waals surface area contributed by atoms with Gasteiger partial charge in [-0.05, 0) is 12.6 Å². The fourth-order valence-electron chi connectivity index (χ4n) is 1.54. The molecule has 1 rings (SSSR count). The summed E-state index contributed by atoms with van der Waals surface area (Å²) >= 11 is 0. The van der Waals surface area contributed by atoms with Crippen LogP contribution in [-0.2, 0) is 11.3 Å². The molecule has 0 fully saturated rings. The Labute approximate surface area is 103 Å². The summed E-state index contributed by atoms with van der Waals surface area (Å²) in [5.74, 6) is 0.0739. The first-order valence-corrected chi connectivity index (χ1v) is 5.82. The van der Waals surface area contributed by atoms with Gasteiger partial charge < -0.3 is 10.2 Å². The minimum absolute atomic E-state index is 0.0739. The molecule has 0 radical (unpaired) electrons. The molecule has 0 bridgehead atoms. The minimum Gasteiger partial charge on any atom is -0.353 e. The molecule has 3 heteroatoms. The van der Waals surface area contributed by atoms with Gasteiger partial charge in [-0.15, -0.1) is 6.58 Å². The van der Waals surface area contributed by atoms with Crippen molar-refractivity contribution in [3.63, 3.8) is 0 Å². The van der Waals surface area contributed by atoms with E-state index in [4.69, 9.17) is 0 Å². The second-order valence-electron chi connectivity index (χ2n) is 4.07. The summed E-state index contributed by atoms with van der Waals surface area (Å²) in [7, 11) is 2.02. The number of carbonyl (C=O) groups is 1. The summed E-state index contributed by atoms with van der Waals surface area (Å²) in [5, 5.41) is 2.77. The van der Waals surface area contributed by atoms with Gasteiger partial charge in [-0.2, -0.15) is 0 Å². The highest BCUT2D eigenvalue weighted by Gasteiger charge is 2.03. The SMILES string of the molecule is C=CCNC(=O)CCN(C)Cc1ccccc1. The van der Waals surface area contributed by atoms with Crippen molar-refractivity contribution in [1.82, 2.24) is 10.2 Å². The third-order valence-electron chi connectivity index (χ3n) is 2.46. The predicted octanol–water partition coefficient (Wildman–Crippen LogP) is 1.81. The van der Waals surface area contributed by atoms with Crippen molar-refractivity contribution >= 4 is 5.91 Å². The zero-order valence-electron chi connectivity index (χ0n) is 10.4. The van der Waals surface area contributed by atoms with Crippen LogP contribution in [0.25, 0.3) is 0 Å². The number of amides is 1. The number of nitrogens with one attached hydrogen (secondary N) is 1. The van der Waals surface area contributed by atoms with Gasteiger partial charge in [-0.1, -0.05) is 36.4 Å². The molecule has 1 amide bonds.